The number of hydrogen-bond acceptors (Lipinski definition) is 3. The lowest BCUT2D eigenvalue weighted by atomic mass is 9.86. The summed E-state index contributed by atoms with van der Waals surface area (Å²) in [5.74, 6) is 0.331. The Labute approximate surface area is 125 Å². The molecule has 20 heavy (non-hydrogen) atoms. The molecular formula is C15H22ClNO3. The number of aliphatic hydroxyl groups is 1. The van der Waals surface area contributed by atoms with Gasteiger partial charge in [-0.05, 0) is 58.4 Å². The molecule has 0 aliphatic carbocycles. The van der Waals surface area contributed by atoms with E-state index < -0.39 is 11.1 Å². The van der Waals surface area contributed by atoms with Crippen molar-refractivity contribution in [2.75, 3.05) is 6.61 Å². The highest BCUT2D eigenvalue weighted by Crippen LogP contribution is 2.22. The van der Waals surface area contributed by atoms with Crippen LogP contribution in [0.2, 0.25) is 5.02 Å². The average molecular weight is 300 g/mol. The Morgan fingerprint density at radius 2 is 1.95 bits per heavy atom. The van der Waals surface area contributed by atoms with E-state index in [9.17, 15) is 9.90 Å². The summed E-state index contributed by atoms with van der Waals surface area (Å²) in [6.07, 6.45) is 0. The van der Waals surface area contributed by atoms with E-state index in [0.29, 0.717) is 10.8 Å². The summed E-state index contributed by atoms with van der Waals surface area (Å²) in [4.78, 5) is 11.9. The first kappa shape index (κ1) is 16.8. The SMILES string of the molecule is Cc1cc(Cl)ccc1OCC(=O)NC(C)(C)C(C)(C)O. The number of rotatable bonds is 5. The van der Waals surface area contributed by atoms with Gasteiger partial charge in [0.1, 0.15) is 5.75 Å². The number of carbonyl (C=O) groups excluding carboxylic acids is 1. The highest BCUT2D eigenvalue weighted by Gasteiger charge is 2.36. The quantitative estimate of drug-likeness (QED) is 0.879. The first-order chi connectivity index (χ1) is 9.03. The summed E-state index contributed by atoms with van der Waals surface area (Å²) in [5.41, 5.74) is -0.909. The van der Waals surface area contributed by atoms with E-state index >= 15 is 0 Å². The van der Waals surface area contributed by atoms with Gasteiger partial charge in [-0.3, -0.25) is 4.79 Å². The molecule has 0 radical (unpaired) electrons. The van der Waals surface area contributed by atoms with Gasteiger partial charge >= 0.3 is 0 Å². The number of halogens is 1. The second-order valence-corrected chi connectivity index (χ2v) is 6.37. The summed E-state index contributed by atoms with van der Waals surface area (Å²) in [7, 11) is 0. The van der Waals surface area contributed by atoms with Gasteiger partial charge in [0.15, 0.2) is 6.61 Å². The van der Waals surface area contributed by atoms with Gasteiger partial charge in [0.25, 0.3) is 5.91 Å². The van der Waals surface area contributed by atoms with Gasteiger partial charge in [0.2, 0.25) is 0 Å². The van der Waals surface area contributed by atoms with Gasteiger partial charge < -0.3 is 15.2 Å². The van der Waals surface area contributed by atoms with E-state index in [-0.39, 0.29) is 12.5 Å². The molecule has 0 fully saturated rings. The fourth-order valence-corrected chi connectivity index (χ4v) is 1.68. The Bertz CT molecular complexity index is 492. The molecule has 0 heterocycles. The number of ether oxygens (including phenoxy) is 1. The molecule has 0 saturated heterocycles. The third-order valence-corrected chi connectivity index (χ3v) is 3.71. The molecule has 1 rings (SSSR count). The van der Waals surface area contributed by atoms with Crippen molar-refractivity contribution in [1.82, 2.24) is 5.32 Å². The molecule has 4 nitrogen and oxygen atoms in total. The third kappa shape index (κ3) is 4.39. The number of aryl methyl sites for hydroxylation is 1. The summed E-state index contributed by atoms with van der Waals surface area (Å²) < 4.78 is 5.46. The largest absolute Gasteiger partial charge is 0.484 e. The standard InChI is InChI=1S/C15H22ClNO3/c1-10-8-11(16)6-7-12(10)20-9-13(18)17-14(2,3)15(4,5)19/h6-8,19H,9H2,1-5H3,(H,17,18). The molecule has 2 N–H and O–H groups in total. The molecule has 0 aliphatic rings. The van der Waals surface area contributed by atoms with Crippen molar-refractivity contribution < 1.29 is 14.6 Å². The van der Waals surface area contributed by atoms with Crippen LogP contribution in [0.3, 0.4) is 0 Å². The van der Waals surface area contributed by atoms with Gasteiger partial charge in [-0.2, -0.15) is 0 Å². The maximum atomic E-state index is 11.9. The van der Waals surface area contributed by atoms with Crippen molar-refractivity contribution in [3.05, 3.63) is 28.8 Å². The fraction of sp³-hybridized carbons (Fsp3) is 0.533. The smallest absolute Gasteiger partial charge is 0.258 e. The maximum Gasteiger partial charge on any atom is 0.258 e. The van der Waals surface area contributed by atoms with Crippen molar-refractivity contribution in [3.8, 4) is 5.75 Å². The molecule has 1 aromatic rings. The molecule has 0 spiro atoms. The molecule has 0 unspecified atom stereocenters. The lowest BCUT2D eigenvalue weighted by Gasteiger charge is -2.37. The van der Waals surface area contributed by atoms with E-state index in [2.05, 4.69) is 5.32 Å². The van der Waals surface area contributed by atoms with E-state index in [1.54, 1.807) is 45.9 Å². The molecule has 1 aromatic carbocycles. The summed E-state index contributed by atoms with van der Waals surface area (Å²) in [6, 6.07) is 5.21. The van der Waals surface area contributed by atoms with Gasteiger partial charge in [0.05, 0.1) is 11.1 Å². The zero-order valence-electron chi connectivity index (χ0n) is 12.6. The topological polar surface area (TPSA) is 58.6 Å². The number of nitrogens with one attached hydrogen (secondary N) is 1. The van der Waals surface area contributed by atoms with Gasteiger partial charge in [-0.1, -0.05) is 11.6 Å². The van der Waals surface area contributed by atoms with Crippen LogP contribution in [0, 0.1) is 6.92 Å². The van der Waals surface area contributed by atoms with E-state index in [0.717, 1.165) is 5.56 Å². The van der Waals surface area contributed by atoms with Crippen molar-refractivity contribution >= 4 is 17.5 Å². The Morgan fingerprint density at radius 3 is 2.45 bits per heavy atom. The predicted molar refractivity (Wildman–Crippen MR) is 80.2 cm³/mol. The van der Waals surface area contributed by atoms with E-state index in [4.69, 9.17) is 16.3 Å². The molecule has 0 saturated carbocycles. The minimum atomic E-state index is -1.03. The zero-order valence-corrected chi connectivity index (χ0v) is 13.3. The second-order valence-electron chi connectivity index (χ2n) is 5.93. The lowest BCUT2D eigenvalue weighted by molar-refractivity contribution is -0.128. The number of amides is 1. The zero-order chi connectivity index (χ0) is 15.6. The van der Waals surface area contributed by atoms with Crippen LogP contribution in [0.1, 0.15) is 33.3 Å². The first-order valence-electron chi connectivity index (χ1n) is 6.45. The first-order valence-corrected chi connectivity index (χ1v) is 6.83. The van der Waals surface area contributed by atoms with Gasteiger partial charge in [-0.15, -0.1) is 0 Å². The Balaban J connectivity index is 2.60. The van der Waals surface area contributed by atoms with Crippen molar-refractivity contribution in [2.45, 2.75) is 45.8 Å². The number of carbonyl (C=O) groups is 1. The molecule has 0 bridgehead atoms. The van der Waals surface area contributed by atoms with Crippen LogP contribution in [0.15, 0.2) is 18.2 Å². The highest BCUT2D eigenvalue weighted by atomic mass is 35.5. The Kier molecular flexibility index (Phi) is 5.05. The fourth-order valence-electron chi connectivity index (χ4n) is 1.46. The minimum absolute atomic E-state index is 0.109. The molecule has 0 aliphatic heterocycles. The monoisotopic (exact) mass is 299 g/mol. The van der Waals surface area contributed by atoms with Crippen molar-refractivity contribution in [1.29, 1.82) is 0 Å². The van der Waals surface area contributed by atoms with Gasteiger partial charge in [0, 0.05) is 5.02 Å². The molecule has 112 valence electrons. The molecular weight excluding hydrogens is 278 g/mol. The number of hydrogen-bond donors (Lipinski definition) is 2. The Hall–Kier alpha value is -1.26. The van der Waals surface area contributed by atoms with Crippen LogP contribution < -0.4 is 10.1 Å². The molecule has 1 amide bonds. The van der Waals surface area contributed by atoms with E-state index in [1.165, 1.54) is 0 Å². The maximum absolute atomic E-state index is 11.9. The second kappa shape index (κ2) is 6.02. The lowest BCUT2D eigenvalue weighted by Crippen LogP contribution is -2.58. The highest BCUT2D eigenvalue weighted by molar-refractivity contribution is 6.30. The summed E-state index contributed by atoms with van der Waals surface area (Å²) >= 11 is 5.85. The summed E-state index contributed by atoms with van der Waals surface area (Å²) in [6.45, 7) is 8.58. The number of benzene rings is 1. The van der Waals surface area contributed by atoms with Crippen molar-refractivity contribution in [3.63, 3.8) is 0 Å². The normalized spacial score (nSPS) is 12.2. The molecule has 5 heteroatoms. The minimum Gasteiger partial charge on any atom is -0.484 e. The van der Waals surface area contributed by atoms with Crippen LogP contribution in [0.4, 0.5) is 0 Å². The average Bonchev–Trinajstić information content (AvgIpc) is 2.25. The molecule has 0 atom stereocenters. The van der Waals surface area contributed by atoms with Crippen LogP contribution in [0.5, 0.6) is 5.75 Å². The Morgan fingerprint density at radius 1 is 1.35 bits per heavy atom. The van der Waals surface area contributed by atoms with Crippen LogP contribution in [-0.4, -0.2) is 28.8 Å². The molecule has 0 aromatic heterocycles. The van der Waals surface area contributed by atoms with Crippen molar-refractivity contribution in [2.24, 2.45) is 0 Å². The van der Waals surface area contributed by atoms with E-state index in [1.807, 2.05) is 6.92 Å². The van der Waals surface area contributed by atoms with Crippen LogP contribution in [-0.2, 0) is 4.79 Å². The summed E-state index contributed by atoms with van der Waals surface area (Å²) in [5, 5.41) is 13.4. The van der Waals surface area contributed by atoms with Crippen LogP contribution in [0.25, 0.3) is 0 Å². The van der Waals surface area contributed by atoms with Gasteiger partial charge in [-0.25, -0.2) is 0 Å². The van der Waals surface area contributed by atoms with Crippen LogP contribution >= 0.6 is 11.6 Å². The third-order valence-electron chi connectivity index (χ3n) is 3.48. The predicted octanol–water partition coefficient (Wildman–Crippen LogP) is 2.69.